The fraction of sp³-hybridized carbons (Fsp3) is 0.429. The van der Waals surface area contributed by atoms with E-state index in [0.717, 1.165) is 12.8 Å². The fourth-order valence-corrected chi connectivity index (χ4v) is 2.95. The van der Waals surface area contributed by atoms with Crippen LogP contribution in [0.3, 0.4) is 0 Å². The maximum Gasteiger partial charge on any atom is 0.250 e. The van der Waals surface area contributed by atoms with Crippen molar-refractivity contribution in [3.05, 3.63) is 29.8 Å². The highest BCUT2D eigenvalue weighted by molar-refractivity contribution is 5.98. The Kier molecular flexibility index (Phi) is 2.69. The normalized spacial score (nSPS) is 30.2. The van der Waals surface area contributed by atoms with Gasteiger partial charge in [0.1, 0.15) is 17.8 Å². The molecule has 0 unspecified atom stereocenters. The van der Waals surface area contributed by atoms with Crippen molar-refractivity contribution in [2.45, 2.75) is 37.9 Å². The first-order valence-corrected chi connectivity index (χ1v) is 6.49. The van der Waals surface area contributed by atoms with Gasteiger partial charge in [0.2, 0.25) is 5.91 Å². The number of amides is 2. The zero-order chi connectivity index (χ0) is 13.6. The van der Waals surface area contributed by atoms with Crippen LogP contribution in [0.2, 0.25) is 0 Å². The molecule has 5 nitrogen and oxygen atoms in total. The minimum Gasteiger partial charge on any atom is -0.508 e. The van der Waals surface area contributed by atoms with Crippen molar-refractivity contribution in [3.8, 4) is 5.75 Å². The molecule has 19 heavy (non-hydrogen) atoms. The van der Waals surface area contributed by atoms with E-state index in [-0.39, 0.29) is 29.6 Å². The number of phenolic OH excluding ortho intramolecular Hbond substituents is 1. The summed E-state index contributed by atoms with van der Waals surface area (Å²) in [6, 6.07) is 5.55. The highest BCUT2D eigenvalue weighted by atomic mass is 16.3. The Morgan fingerprint density at radius 2 is 1.89 bits per heavy atom. The number of carbonyl (C=O) groups excluding carboxylic acids is 2. The van der Waals surface area contributed by atoms with Gasteiger partial charge < -0.3 is 15.3 Å². The van der Waals surface area contributed by atoms with E-state index in [4.69, 9.17) is 0 Å². The van der Waals surface area contributed by atoms with E-state index in [9.17, 15) is 14.7 Å². The molecule has 2 aliphatic rings. The molecule has 2 amide bonds. The molecule has 2 fully saturated rings. The van der Waals surface area contributed by atoms with Gasteiger partial charge in [0, 0.05) is 6.04 Å². The lowest BCUT2D eigenvalue weighted by atomic mass is 10.0. The molecule has 2 N–H and O–H groups in total. The van der Waals surface area contributed by atoms with E-state index in [1.165, 1.54) is 12.1 Å². The second kappa shape index (κ2) is 4.26. The van der Waals surface area contributed by atoms with Gasteiger partial charge in [-0.05, 0) is 37.5 Å². The Hall–Kier alpha value is -2.04. The number of hydrogen-bond acceptors (Lipinski definition) is 3. The molecule has 100 valence electrons. The lowest BCUT2D eigenvalue weighted by molar-refractivity contribution is -0.149. The van der Waals surface area contributed by atoms with Crippen LogP contribution in [0.5, 0.6) is 5.75 Å². The van der Waals surface area contributed by atoms with E-state index in [0.29, 0.717) is 5.56 Å². The third kappa shape index (κ3) is 1.85. The number of piperazine rings is 1. The van der Waals surface area contributed by atoms with Crippen LogP contribution in [0.25, 0.3) is 0 Å². The van der Waals surface area contributed by atoms with Crippen molar-refractivity contribution >= 4 is 11.8 Å². The molecule has 1 aromatic rings. The highest BCUT2D eigenvalue weighted by Gasteiger charge is 2.46. The molecule has 0 bridgehead atoms. The van der Waals surface area contributed by atoms with Crippen molar-refractivity contribution in [1.82, 2.24) is 10.2 Å². The van der Waals surface area contributed by atoms with Gasteiger partial charge in [0.05, 0.1) is 0 Å². The molecule has 0 saturated carbocycles. The third-order valence-corrected chi connectivity index (χ3v) is 3.99. The number of carbonyl (C=O) groups is 2. The summed E-state index contributed by atoms with van der Waals surface area (Å²) in [5, 5.41) is 12.1. The van der Waals surface area contributed by atoms with Crippen LogP contribution >= 0.6 is 0 Å². The molecule has 3 atom stereocenters. The largest absolute Gasteiger partial charge is 0.508 e. The van der Waals surface area contributed by atoms with E-state index in [1.807, 2.05) is 6.92 Å². The third-order valence-electron chi connectivity index (χ3n) is 3.99. The Balaban J connectivity index is 1.93. The average Bonchev–Trinajstić information content (AvgIpc) is 2.78. The van der Waals surface area contributed by atoms with Crippen molar-refractivity contribution in [3.63, 3.8) is 0 Å². The van der Waals surface area contributed by atoms with E-state index < -0.39 is 6.04 Å². The molecule has 5 heteroatoms. The Morgan fingerprint density at radius 1 is 1.21 bits per heavy atom. The second-order valence-electron chi connectivity index (χ2n) is 5.22. The smallest absolute Gasteiger partial charge is 0.250 e. The summed E-state index contributed by atoms with van der Waals surface area (Å²) in [6.45, 7) is 1.98. The van der Waals surface area contributed by atoms with Crippen LogP contribution in [0.4, 0.5) is 0 Å². The van der Waals surface area contributed by atoms with Crippen molar-refractivity contribution < 1.29 is 14.7 Å². The molecule has 2 aliphatic heterocycles. The first-order valence-electron chi connectivity index (χ1n) is 6.49. The summed E-state index contributed by atoms with van der Waals surface area (Å²) in [7, 11) is 0. The minimum absolute atomic E-state index is 0.0553. The maximum atomic E-state index is 12.5. The summed E-state index contributed by atoms with van der Waals surface area (Å²) in [5.74, 6) is 0.00747. The summed E-state index contributed by atoms with van der Waals surface area (Å²) >= 11 is 0. The Bertz CT molecular complexity index is 526. The number of phenols is 1. The summed E-state index contributed by atoms with van der Waals surface area (Å²) in [6.07, 6.45) is 1.60. The highest BCUT2D eigenvalue weighted by Crippen LogP contribution is 2.32. The first kappa shape index (κ1) is 12.0. The predicted octanol–water partition coefficient (Wildman–Crippen LogP) is 0.943. The average molecular weight is 260 g/mol. The first-order chi connectivity index (χ1) is 9.08. The van der Waals surface area contributed by atoms with Gasteiger partial charge >= 0.3 is 0 Å². The molecular formula is C14H16N2O3. The number of nitrogens with zero attached hydrogens (tertiary/aromatic N) is 1. The van der Waals surface area contributed by atoms with Crippen molar-refractivity contribution in [2.24, 2.45) is 0 Å². The van der Waals surface area contributed by atoms with Crippen LogP contribution < -0.4 is 5.32 Å². The molecular weight excluding hydrogens is 244 g/mol. The second-order valence-corrected chi connectivity index (χ2v) is 5.22. The molecule has 2 saturated heterocycles. The van der Waals surface area contributed by atoms with Gasteiger partial charge in [-0.2, -0.15) is 0 Å². The predicted molar refractivity (Wildman–Crippen MR) is 68.3 cm³/mol. The van der Waals surface area contributed by atoms with Crippen LogP contribution in [-0.2, 0) is 9.59 Å². The van der Waals surface area contributed by atoms with Crippen LogP contribution in [0.15, 0.2) is 24.3 Å². The molecule has 0 spiro atoms. The maximum absolute atomic E-state index is 12.5. The molecule has 3 rings (SSSR count). The molecule has 2 heterocycles. The number of nitrogens with one attached hydrogen (secondary N) is 1. The monoisotopic (exact) mass is 260 g/mol. The topological polar surface area (TPSA) is 69.6 Å². The summed E-state index contributed by atoms with van der Waals surface area (Å²) < 4.78 is 0. The van der Waals surface area contributed by atoms with Gasteiger partial charge in [0.25, 0.3) is 5.91 Å². The molecule has 0 radical (unpaired) electrons. The molecule has 0 aromatic heterocycles. The number of hydrogen-bond donors (Lipinski definition) is 2. The summed E-state index contributed by atoms with van der Waals surface area (Å²) in [4.78, 5) is 26.3. The Labute approximate surface area is 111 Å². The van der Waals surface area contributed by atoms with E-state index in [2.05, 4.69) is 5.32 Å². The van der Waals surface area contributed by atoms with Crippen LogP contribution in [0.1, 0.15) is 31.4 Å². The number of rotatable bonds is 1. The molecule has 1 aromatic carbocycles. The number of benzene rings is 1. The van der Waals surface area contributed by atoms with Crippen molar-refractivity contribution in [1.29, 1.82) is 0 Å². The van der Waals surface area contributed by atoms with Gasteiger partial charge in [-0.25, -0.2) is 0 Å². The van der Waals surface area contributed by atoms with Gasteiger partial charge in [-0.3, -0.25) is 9.59 Å². The SMILES string of the molecule is C[C@H]1CC[C@H]2C(=O)N[C@H](c3ccc(O)cc3)C(=O)N12. The van der Waals surface area contributed by atoms with Crippen molar-refractivity contribution in [2.75, 3.05) is 0 Å². The zero-order valence-electron chi connectivity index (χ0n) is 10.7. The van der Waals surface area contributed by atoms with E-state index >= 15 is 0 Å². The quantitative estimate of drug-likeness (QED) is 0.789. The van der Waals surface area contributed by atoms with Gasteiger partial charge in [-0.15, -0.1) is 0 Å². The Morgan fingerprint density at radius 3 is 2.58 bits per heavy atom. The van der Waals surface area contributed by atoms with E-state index in [1.54, 1.807) is 17.0 Å². The fourth-order valence-electron chi connectivity index (χ4n) is 2.95. The van der Waals surface area contributed by atoms with Gasteiger partial charge in [0.15, 0.2) is 0 Å². The van der Waals surface area contributed by atoms with Crippen LogP contribution in [0, 0.1) is 0 Å². The van der Waals surface area contributed by atoms with Gasteiger partial charge in [-0.1, -0.05) is 12.1 Å². The number of aromatic hydroxyl groups is 1. The lowest BCUT2D eigenvalue weighted by Gasteiger charge is -2.37. The number of fused-ring (bicyclic) bond motifs is 1. The standard InChI is InChI=1S/C14H16N2O3/c1-8-2-7-11-13(18)15-12(14(19)16(8)11)9-3-5-10(17)6-4-9/h3-6,8,11-12,17H,2,7H2,1H3,(H,15,18)/t8-,11-,12+/m0/s1. The molecule has 0 aliphatic carbocycles. The summed E-state index contributed by atoms with van der Waals surface area (Å²) in [5.41, 5.74) is 0.703. The zero-order valence-corrected chi connectivity index (χ0v) is 10.7. The lowest BCUT2D eigenvalue weighted by Crippen LogP contribution is -2.58. The van der Waals surface area contributed by atoms with Crippen LogP contribution in [-0.4, -0.2) is 33.9 Å². The minimum atomic E-state index is -0.634.